The summed E-state index contributed by atoms with van der Waals surface area (Å²) in [6.07, 6.45) is 1.10. The zero-order valence-electron chi connectivity index (χ0n) is 13.2. The summed E-state index contributed by atoms with van der Waals surface area (Å²) in [5.74, 6) is 1.71. The third-order valence-electron chi connectivity index (χ3n) is 3.82. The fourth-order valence-electron chi connectivity index (χ4n) is 2.42. The molecular formula is C17H26N2O2. The normalized spacial score (nSPS) is 22.1. The molecule has 2 unspecified atom stereocenters. The lowest BCUT2D eigenvalue weighted by Crippen LogP contribution is -2.50. The molecule has 1 aliphatic rings. The van der Waals surface area contributed by atoms with Gasteiger partial charge < -0.3 is 15.4 Å². The quantitative estimate of drug-likeness (QED) is 0.876. The Labute approximate surface area is 127 Å². The lowest BCUT2D eigenvalue weighted by atomic mass is 9.94. The molecule has 2 atom stereocenters. The van der Waals surface area contributed by atoms with Crippen molar-refractivity contribution in [1.82, 2.24) is 10.6 Å². The molecule has 2 N–H and O–H groups in total. The summed E-state index contributed by atoms with van der Waals surface area (Å²) in [4.78, 5) is 12.4. The monoisotopic (exact) mass is 290 g/mol. The number of carbonyl (C=O) groups excluding carboxylic acids is 1. The van der Waals surface area contributed by atoms with Crippen LogP contribution >= 0.6 is 0 Å². The molecule has 1 heterocycles. The van der Waals surface area contributed by atoms with Crippen LogP contribution in [0, 0.1) is 11.8 Å². The summed E-state index contributed by atoms with van der Waals surface area (Å²) in [7, 11) is 0. The van der Waals surface area contributed by atoms with Crippen LogP contribution in [0.2, 0.25) is 0 Å². The molecule has 1 saturated heterocycles. The molecule has 0 saturated carbocycles. The second-order valence-corrected chi connectivity index (χ2v) is 6.28. The van der Waals surface area contributed by atoms with Gasteiger partial charge >= 0.3 is 0 Å². The van der Waals surface area contributed by atoms with Gasteiger partial charge in [0.15, 0.2) is 0 Å². The second-order valence-electron chi connectivity index (χ2n) is 6.28. The molecule has 1 aromatic carbocycles. The standard InChI is InChI=1S/C17H26N2O2/c1-12(2)11-21-15-6-4-5-14(9-15)17(20)19-16-10-18-8-7-13(16)3/h4-6,9,12-13,16,18H,7-8,10-11H2,1-3H3,(H,19,20). The molecule has 1 amide bonds. The maximum absolute atomic E-state index is 12.4. The van der Waals surface area contributed by atoms with Gasteiger partial charge in [-0.2, -0.15) is 0 Å². The molecule has 21 heavy (non-hydrogen) atoms. The van der Waals surface area contributed by atoms with Crippen LogP contribution in [0.15, 0.2) is 24.3 Å². The van der Waals surface area contributed by atoms with E-state index in [2.05, 4.69) is 31.4 Å². The van der Waals surface area contributed by atoms with E-state index in [1.807, 2.05) is 24.3 Å². The van der Waals surface area contributed by atoms with Gasteiger partial charge in [0.25, 0.3) is 5.91 Å². The predicted molar refractivity (Wildman–Crippen MR) is 84.7 cm³/mol. The number of amides is 1. The van der Waals surface area contributed by atoms with Crippen LogP contribution in [0.25, 0.3) is 0 Å². The van der Waals surface area contributed by atoms with Crippen molar-refractivity contribution < 1.29 is 9.53 Å². The molecule has 2 rings (SSSR count). The Hall–Kier alpha value is -1.55. The average molecular weight is 290 g/mol. The number of nitrogens with one attached hydrogen (secondary N) is 2. The number of piperidine rings is 1. The first kappa shape index (κ1) is 15.8. The first-order valence-corrected chi connectivity index (χ1v) is 7.80. The molecule has 1 aromatic rings. The number of rotatable bonds is 5. The van der Waals surface area contributed by atoms with Crippen molar-refractivity contribution in [2.24, 2.45) is 11.8 Å². The van der Waals surface area contributed by atoms with Gasteiger partial charge in [-0.3, -0.25) is 4.79 Å². The van der Waals surface area contributed by atoms with Crippen LogP contribution in [-0.2, 0) is 0 Å². The largest absolute Gasteiger partial charge is 0.493 e. The Balaban J connectivity index is 1.96. The summed E-state index contributed by atoms with van der Waals surface area (Å²) in [6.45, 7) is 8.94. The number of carbonyl (C=O) groups is 1. The van der Waals surface area contributed by atoms with Gasteiger partial charge in [0.2, 0.25) is 0 Å². The zero-order valence-corrected chi connectivity index (χ0v) is 13.2. The molecule has 0 aromatic heterocycles. The number of hydrogen-bond donors (Lipinski definition) is 2. The van der Waals surface area contributed by atoms with Gasteiger partial charge in [-0.15, -0.1) is 0 Å². The molecule has 0 bridgehead atoms. The van der Waals surface area contributed by atoms with E-state index in [1.165, 1.54) is 0 Å². The molecule has 1 aliphatic heterocycles. The summed E-state index contributed by atoms with van der Waals surface area (Å²) >= 11 is 0. The van der Waals surface area contributed by atoms with Crippen LogP contribution in [0.5, 0.6) is 5.75 Å². The molecule has 4 nitrogen and oxygen atoms in total. The molecule has 4 heteroatoms. The molecule has 0 spiro atoms. The smallest absolute Gasteiger partial charge is 0.251 e. The van der Waals surface area contributed by atoms with Gasteiger partial charge in [0.1, 0.15) is 5.75 Å². The van der Waals surface area contributed by atoms with Gasteiger partial charge in [0, 0.05) is 18.2 Å². The molecular weight excluding hydrogens is 264 g/mol. The predicted octanol–water partition coefficient (Wildman–Crippen LogP) is 2.45. The van der Waals surface area contributed by atoms with E-state index in [9.17, 15) is 4.79 Å². The second kappa shape index (κ2) is 7.46. The fraction of sp³-hybridized carbons (Fsp3) is 0.588. The highest BCUT2D eigenvalue weighted by molar-refractivity contribution is 5.94. The van der Waals surface area contributed by atoms with Crippen molar-refractivity contribution >= 4 is 5.91 Å². The van der Waals surface area contributed by atoms with Crippen molar-refractivity contribution in [2.75, 3.05) is 19.7 Å². The highest BCUT2D eigenvalue weighted by Crippen LogP contribution is 2.16. The zero-order chi connectivity index (χ0) is 15.2. The van der Waals surface area contributed by atoms with E-state index in [4.69, 9.17) is 4.74 Å². The van der Waals surface area contributed by atoms with Gasteiger partial charge in [-0.1, -0.05) is 26.8 Å². The topological polar surface area (TPSA) is 50.4 Å². The Kier molecular flexibility index (Phi) is 5.62. The highest BCUT2D eigenvalue weighted by Gasteiger charge is 2.23. The lowest BCUT2D eigenvalue weighted by molar-refractivity contribution is 0.0914. The maximum Gasteiger partial charge on any atom is 0.251 e. The first-order valence-electron chi connectivity index (χ1n) is 7.80. The summed E-state index contributed by atoms with van der Waals surface area (Å²) in [5.41, 5.74) is 0.661. The summed E-state index contributed by atoms with van der Waals surface area (Å²) in [5, 5.41) is 6.45. The molecule has 0 aliphatic carbocycles. The lowest BCUT2D eigenvalue weighted by Gasteiger charge is -2.30. The average Bonchev–Trinajstić information content (AvgIpc) is 2.48. The minimum Gasteiger partial charge on any atom is -0.493 e. The maximum atomic E-state index is 12.4. The fourth-order valence-corrected chi connectivity index (χ4v) is 2.42. The van der Waals surface area contributed by atoms with Crippen molar-refractivity contribution in [2.45, 2.75) is 33.2 Å². The molecule has 1 fully saturated rings. The van der Waals surface area contributed by atoms with Crippen LogP contribution in [-0.4, -0.2) is 31.6 Å². The minimum absolute atomic E-state index is 0.0226. The molecule has 116 valence electrons. The Bertz CT molecular complexity index is 474. The van der Waals surface area contributed by atoms with Crippen molar-refractivity contribution in [3.05, 3.63) is 29.8 Å². The van der Waals surface area contributed by atoms with Gasteiger partial charge in [-0.25, -0.2) is 0 Å². The summed E-state index contributed by atoms with van der Waals surface area (Å²) < 4.78 is 5.68. The van der Waals surface area contributed by atoms with Crippen LogP contribution in [0.4, 0.5) is 0 Å². The van der Waals surface area contributed by atoms with Crippen molar-refractivity contribution in [1.29, 1.82) is 0 Å². The number of hydrogen-bond acceptors (Lipinski definition) is 3. The highest BCUT2D eigenvalue weighted by atomic mass is 16.5. The van der Waals surface area contributed by atoms with Crippen LogP contribution < -0.4 is 15.4 Å². The SMILES string of the molecule is CC(C)COc1cccc(C(=O)NC2CNCCC2C)c1. The van der Waals surface area contributed by atoms with E-state index >= 15 is 0 Å². The van der Waals surface area contributed by atoms with Crippen molar-refractivity contribution in [3.63, 3.8) is 0 Å². The van der Waals surface area contributed by atoms with Crippen LogP contribution in [0.3, 0.4) is 0 Å². The van der Waals surface area contributed by atoms with E-state index in [0.29, 0.717) is 24.0 Å². The third kappa shape index (κ3) is 4.74. The van der Waals surface area contributed by atoms with Gasteiger partial charge in [0.05, 0.1) is 6.61 Å². The summed E-state index contributed by atoms with van der Waals surface area (Å²) in [6, 6.07) is 7.61. The Morgan fingerprint density at radius 2 is 2.29 bits per heavy atom. The minimum atomic E-state index is -0.0226. The first-order chi connectivity index (χ1) is 10.1. The number of ether oxygens (including phenoxy) is 1. The van der Waals surface area contributed by atoms with E-state index < -0.39 is 0 Å². The van der Waals surface area contributed by atoms with E-state index in [0.717, 1.165) is 25.3 Å². The third-order valence-corrected chi connectivity index (χ3v) is 3.82. The number of benzene rings is 1. The van der Waals surface area contributed by atoms with Crippen LogP contribution in [0.1, 0.15) is 37.6 Å². The van der Waals surface area contributed by atoms with Gasteiger partial charge in [-0.05, 0) is 43.0 Å². The Morgan fingerprint density at radius 1 is 1.48 bits per heavy atom. The molecule has 0 radical (unpaired) electrons. The van der Waals surface area contributed by atoms with E-state index in [1.54, 1.807) is 0 Å². The Morgan fingerprint density at radius 3 is 3.00 bits per heavy atom. The van der Waals surface area contributed by atoms with Crippen molar-refractivity contribution in [3.8, 4) is 5.75 Å². The van der Waals surface area contributed by atoms with E-state index in [-0.39, 0.29) is 11.9 Å².